The molecular formula is C60H115NO5. The Morgan fingerprint density at radius 1 is 0.424 bits per heavy atom. The molecule has 0 spiro atoms. The Bertz CT molecular complexity index is 1030. The SMILES string of the molecule is CCCCCC/C=C\C/C=C\CCCCCCCC(=O)OCCCCCCCCCCCCC(=O)NC(CO)C(O)CCCCCCCCCCCCCCCCCCCCCCCCC. The van der Waals surface area contributed by atoms with E-state index >= 15 is 0 Å². The number of ether oxygens (including phenoxy) is 1. The molecule has 0 saturated heterocycles. The van der Waals surface area contributed by atoms with E-state index in [9.17, 15) is 19.8 Å². The lowest BCUT2D eigenvalue weighted by Crippen LogP contribution is -2.45. The van der Waals surface area contributed by atoms with Gasteiger partial charge in [0.15, 0.2) is 0 Å². The van der Waals surface area contributed by atoms with Gasteiger partial charge in [0.05, 0.1) is 25.4 Å². The molecule has 0 fully saturated rings. The van der Waals surface area contributed by atoms with Crippen LogP contribution in [0.25, 0.3) is 0 Å². The second-order valence-electron chi connectivity index (χ2n) is 20.3. The molecule has 0 aliphatic rings. The van der Waals surface area contributed by atoms with E-state index < -0.39 is 12.1 Å². The second-order valence-corrected chi connectivity index (χ2v) is 20.3. The molecular weight excluding hydrogens is 815 g/mol. The van der Waals surface area contributed by atoms with E-state index in [2.05, 4.69) is 43.5 Å². The third kappa shape index (κ3) is 51.7. The van der Waals surface area contributed by atoms with Crippen LogP contribution in [0.15, 0.2) is 24.3 Å². The predicted molar refractivity (Wildman–Crippen MR) is 287 cm³/mol. The molecule has 0 aromatic rings. The number of rotatable bonds is 55. The lowest BCUT2D eigenvalue weighted by molar-refractivity contribution is -0.143. The number of hydrogen-bond acceptors (Lipinski definition) is 5. The van der Waals surface area contributed by atoms with Gasteiger partial charge in [0.2, 0.25) is 5.91 Å². The topological polar surface area (TPSA) is 95.9 Å². The van der Waals surface area contributed by atoms with E-state index in [1.54, 1.807) is 0 Å². The van der Waals surface area contributed by atoms with Gasteiger partial charge in [-0.15, -0.1) is 0 Å². The van der Waals surface area contributed by atoms with Gasteiger partial charge in [-0.2, -0.15) is 0 Å². The number of carbonyl (C=O) groups is 2. The average molecular weight is 931 g/mol. The summed E-state index contributed by atoms with van der Waals surface area (Å²) >= 11 is 0. The van der Waals surface area contributed by atoms with Crippen LogP contribution in [0.2, 0.25) is 0 Å². The highest BCUT2D eigenvalue weighted by Gasteiger charge is 2.20. The van der Waals surface area contributed by atoms with Crippen molar-refractivity contribution in [1.29, 1.82) is 0 Å². The van der Waals surface area contributed by atoms with Gasteiger partial charge in [-0.25, -0.2) is 0 Å². The molecule has 1 amide bonds. The molecule has 0 bridgehead atoms. The monoisotopic (exact) mass is 930 g/mol. The average Bonchev–Trinajstić information content (AvgIpc) is 3.32. The predicted octanol–water partition coefficient (Wildman–Crippen LogP) is 18.2. The zero-order valence-electron chi connectivity index (χ0n) is 44.4. The molecule has 0 aromatic carbocycles. The number of esters is 1. The fourth-order valence-corrected chi connectivity index (χ4v) is 9.20. The Hall–Kier alpha value is -1.66. The first-order valence-corrected chi connectivity index (χ1v) is 29.6. The molecule has 0 aliphatic heterocycles. The number of amides is 1. The maximum absolute atomic E-state index is 12.5. The minimum absolute atomic E-state index is 0.0312. The van der Waals surface area contributed by atoms with Gasteiger partial charge in [0.1, 0.15) is 0 Å². The van der Waals surface area contributed by atoms with Crippen molar-refractivity contribution in [3.8, 4) is 0 Å². The molecule has 390 valence electrons. The summed E-state index contributed by atoms with van der Waals surface area (Å²) in [5.41, 5.74) is 0. The number of hydrogen-bond donors (Lipinski definition) is 3. The minimum Gasteiger partial charge on any atom is -0.466 e. The Kier molecular flexibility index (Phi) is 54.5. The fraction of sp³-hybridized carbons (Fsp3) is 0.900. The van der Waals surface area contributed by atoms with Gasteiger partial charge >= 0.3 is 5.97 Å². The Morgan fingerprint density at radius 3 is 1.17 bits per heavy atom. The third-order valence-electron chi connectivity index (χ3n) is 13.8. The van der Waals surface area contributed by atoms with Gasteiger partial charge in [-0.1, -0.05) is 276 Å². The minimum atomic E-state index is -0.681. The van der Waals surface area contributed by atoms with Crippen molar-refractivity contribution in [2.75, 3.05) is 13.2 Å². The summed E-state index contributed by atoms with van der Waals surface area (Å²) in [5.74, 6) is -0.0869. The van der Waals surface area contributed by atoms with E-state index in [0.717, 1.165) is 70.6 Å². The van der Waals surface area contributed by atoms with Crippen molar-refractivity contribution in [3.05, 3.63) is 24.3 Å². The van der Waals surface area contributed by atoms with E-state index in [4.69, 9.17) is 4.74 Å². The Labute approximate surface area is 411 Å². The van der Waals surface area contributed by atoms with E-state index in [1.807, 2.05) is 0 Å². The van der Waals surface area contributed by atoms with Crippen molar-refractivity contribution in [2.45, 2.75) is 334 Å². The number of allylic oxidation sites excluding steroid dienone is 4. The van der Waals surface area contributed by atoms with Crippen molar-refractivity contribution in [2.24, 2.45) is 0 Å². The van der Waals surface area contributed by atoms with Gasteiger partial charge in [0, 0.05) is 12.8 Å². The van der Waals surface area contributed by atoms with E-state index in [1.165, 1.54) is 218 Å². The molecule has 6 nitrogen and oxygen atoms in total. The summed E-state index contributed by atoms with van der Waals surface area (Å²) in [6.07, 6.45) is 67.4. The van der Waals surface area contributed by atoms with Crippen molar-refractivity contribution in [3.63, 3.8) is 0 Å². The summed E-state index contributed by atoms with van der Waals surface area (Å²) in [5, 5.41) is 23.3. The molecule has 3 N–H and O–H groups in total. The number of unbranched alkanes of at least 4 members (excludes halogenated alkanes) is 40. The summed E-state index contributed by atoms with van der Waals surface area (Å²) in [6.45, 7) is 4.90. The lowest BCUT2D eigenvalue weighted by Gasteiger charge is -2.22. The van der Waals surface area contributed by atoms with Crippen molar-refractivity contribution < 1.29 is 24.5 Å². The maximum Gasteiger partial charge on any atom is 0.305 e. The molecule has 0 heterocycles. The first kappa shape index (κ1) is 64.3. The van der Waals surface area contributed by atoms with Crippen LogP contribution >= 0.6 is 0 Å². The van der Waals surface area contributed by atoms with Gasteiger partial charge in [0.25, 0.3) is 0 Å². The first-order chi connectivity index (χ1) is 32.5. The van der Waals surface area contributed by atoms with Gasteiger partial charge < -0.3 is 20.3 Å². The molecule has 2 atom stereocenters. The highest BCUT2D eigenvalue weighted by Crippen LogP contribution is 2.17. The van der Waals surface area contributed by atoms with Gasteiger partial charge in [-0.3, -0.25) is 9.59 Å². The van der Waals surface area contributed by atoms with Crippen LogP contribution in [0.1, 0.15) is 322 Å². The molecule has 0 radical (unpaired) electrons. The molecule has 0 aliphatic carbocycles. The van der Waals surface area contributed by atoms with E-state index in [0.29, 0.717) is 25.9 Å². The van der Waals surface area contributed by atoms with Crippen LogP contribution in [0.3, 0.4) is 0 Å². The standard InChI is InChI=1S/C60H115NO5/c1-3-5-7-9-11-13-15-17-19-21-22-23-24-25-26-27-28-30-32-36-40-44-48-52-58(63)57(56-62)61-59(64)53-49-45-41-37-34-35-39-43-47-51-55-66-60(65)54-50-46-42-38-33-31-29-20-18-16-14-12-10-8-6-4-2/h14,16,20,29,57-58,62-63H,3-13,15,17-19,21-28,30-56H2,1-2H3,(H,61,64)/b16-14-,29-20-. The molecule has 0 rings (SSSR count). The van der Waals surface area contributed by atoms with E-state index in [-0.39, 0.29) is 18.5 Å². The second kappa shape index (κ2) is 55.9. The first-order valence-electron chi connectivity index (χ1n) is 29.6. The molecule has 66 heavy (non-hydrogen) atoms. The maximum atomic E-state index is 12.5. The highest BCUT2D eigenvalue weighted by molar-refractivity contribution is 5.76. The van der Waals surface area contributed by atoms with Crippen LogP contribution in [0.5, 0.6) is 0 Å². The molecule has 2 unspecified atom stereocenters. The van der Waals surface area contributed by atoms with Crippen molar-refractivity contribution >= 4 is 11.9 Å². The molecule has 0 aromatic heterocycles. The number of aliphatic hydroxyl groups excluding tert-OH is 2. The largest absolute Gasteiger partial charge is 0.466 e. The van der Waals surface area contributed by atoms with Crippen LogP contribution in [0, 0.1) is 0 Å². The van der Waals surface area contributed by atoms with Crippen LogP contribution in [-0.2, 0) is 14.3 Å². The highest BCUT2D eigenvalue weighted by atomic mass is 16.5. The summed E-state index contributed by atoms with van der Waals surface area (Å²) in [6, 6.07) is -0.560. The van der Waals surface area contributed by atoms with Gasteiger partial charge in [-0.05, 0) is 57.8 Å². The number of aliphatic hydroxyl groups is 2. The van der Waals surface area contributed by atoms with Crippen molar-refractivity contribution in [1.82, 2.24) is 5.32 Å². The Balaban J connectivity index is 3.47. The summed E-state index contributed by atoms with van der Waals surface area (Å²) in [4.78, 5) is 24.6. The fourth-order valence-electron chi connectivity index (χ4n) is 9.20. The van der Waals surface area contributed by atoms with Crippen LogP contribution in [-0.4, -0.2) is 47.4 Å². The van der Waals surface area contributed by atoms with Crippen LogP contribution < -0.4 is 5.32 Å². The molecule has 0 saturated carbocycles. The third-order valence-corrected chi connectivity index (χ3v) is 13.8. The smallest absolute Gasteiger partial charge is 0.305 e. The summed E-state index contributed by atoms with van der Waals surface area (Å²) < 4.78 is 5.46. The zero-order chi connectivity index (χ0) is 47.9. The number of carbonyl (C=O) groups excluding carboxylic acids is 2. The van der Waals surface area contributed by atoms with Crippen LogP contribution in [0.4, 0.5) is 0 Å². The number of nitrogens with one attached hydrogen (secondary N) is 1. The zero-order valence-corrected chi connectivity index (χ0v) is 44.4. The molecule has 6 heteroatoms. The quantitative estimate of drug-likeness (QED) is 0.0321. The normalized spacial score (nSPS) is 12.7. The summed E-state index contributed by atoms with van der Waals surface area (Å²) in [7, 11) is 0. The Morgan fingerprint density at radius 2 is 0.758 bits per heavy atom. The lowest BCUT2D eigenvalue weighted by atomic mass is 10.0.